The van der Waals surface area contributed by atoms with Gasteiger partial charge in [-0.3, -0.25) is 0 Å². The van der Waals surface area contributed by atoms with Crippen LogP contribution in [0.15, 0.2) is 0 Å². The van der Waals surface area contributed by atoms with E-state index in [0.29, 0.717) is 0 Å². The number of halogens is 15. The summed E-state index contributed by atoms with van der Waals surface area (Å²) in [5.74, 6) is 0. The van der Waals surface area contributed by atoms with Crippen LogP contribution >= 0.6 is 0 Å². The third-order valence-corrected chi connectivity index (χ3v) is 4.51. The summed E-state index contributed by atoms with van der Waals surface area (Å²) in [5.41, 5.74) is 0. The number of alkyl halides is 15. The summed E-state index contributed by atoms with van der Waals surface area (Å²) >= 11 is 0. The van der Waals surface area contributed by atoms with Crippen LogP contribution in [-0.4, -0.2) is 73.2 Å². The topological polar surface area (TPSA) is 172 Å². The van der Waals surface area contributed by atoms with Gasteiger partial charge in [0.25, 0.3) is 0 Å². The normalized spacial score (nSPS) is 14.6. The maximum Gasteiger partial charge on any atom is 3.00 e. The molecule has 0 heterocycles. The van der Waals surface area contributed by atoms with Crippen LogP contribution < -0.4 is 0 Å². The summed E-state index contributed by atoms with van der Waals surface area (Å²) in [5, 5.41) is -18.6. The van der Waals surface area contributed by atoms with E-state index in [4.69, 9.17) is 0 Å². The Morgan fingerprint density at radius 2 is 0.441 bits per heavy atom. The quantitative estimate of drug-likeness (QED) is 0.308. The molecule has 0 N–H and O–H groups in total. The van der Waals surface area contributed by atoms with Crippen molar-refractivity contribution >= 4 is 30.4 Å². The van der Waals surface area contributed by atoms with E-state index < -0.39 is 64.6 Å². The molecule has 215 valence electrons. The molecule has 0 aromatic heterocycles. The van der Waals surface area contributed by atoms with Crippen LogP contribution in [0.2, 0.25) is 0 Å². The SMILES string of the molecule is O=S(=O)([O-])C(F)(F)C(F)(F)F.O=S(=O)([O-])C(F)(F)C(F)(F)F.O=S(=O)([O-])C(F)(F)C(F)(F)F.[Yb+3]. The predicted molar refractivity (Wildman–Crippen MR) is 62.1 cm³/mol. The van der Waals surface area contributed by atoms with Crippen LogP contribution in [0.3, 0.4) is 0 Å². The van der Waals surface area contributed by atoms with Gasteiger partial charge in [0, 0.05) is 0 Å². The standard InChI is InChI=1S/3C2HF5O3S.Yb/c3*3-1(4,5)2(6,7)11(8,9)10;/h3*(H,8,9,10);/q;;;+3/p-3. The Bertz CT molecular complexity index is 846. The molecule has 1 radical (unpaired) electrons. The van der Waals surface area contributed by atoms with Crippen molar-refractivity contribution < 1.29 is 152 Å². The zero-order valence-electron chi connectivity index (χ0n) is 13.8. The predicted octanol–water partition coefficient (Wildman–Crippen LogP) is 2.06. The van der Waals surface area contributed by atoms with Gasteiger partial charge in [0.05, 0.1) is 0 Å². The van der Waals surface area contributed by atoms with Gasteiger partial charge >= 0.3 is 81.2 Å². The Kier molecular flexibility index (Phi) is 14.2. The van der Waals surface area contributed by atoms with Crippen LogP contribution in [0, 0.1) is 46.9 Å². The van der Waals surface area contributed by atoms with Crippen molar-refractivity contribution in [3.8, 4) is 0 Å². The molecule has 0 spiro atoms. The first kappa shape index (κ1) is 41.3. The van der Waals surface area contributed by atoms with Crippen molar-refractivity contribution in [3.05, 3.63) is 0 Å². The first-order valence-electron chi connectivity index (χ1n) is 5.70. The minimum atomic E-state index is -6.67. The van der Waals surface area contributed by atoms with Gasteiger partial charge in [-0.1, -0.05) is 0 Å². The zero-order valence-corrected chi connectivity index (χ0v) is 18.0. The Morgan fingerprint density at radius 1 is 0.353 bits per heavy atom. The van der Waals surface area contributed by atoms with E-state index >= 15 is 0 Å². The summed E-state index contributed by atoms with van der Waals surface area (Å²) in [6.07, 6.45) is -19.1. The molecule has 0 aromatic rings. The van der Waals surface area contributed by atoms with Crippen molar-refractivity contribution in [3.63, 3.8) is 0 Å². The molecular formula is C6F15O9S3Yb. The van der Waals surface area contributed by atoms with Gasteiger partial charge < -0.3 is 13.7 Å². The summed E-state index contributed by atoms with van der Waals surface area (Å²) in [4.78, 5) is 0. The molecule has 9 nitrogen and oxygen atoms in total. The first-order chi connectivity index (χ1) is 13.5. The fourth-order valence-electron chi connectivity index (χ4n) is 0.425. The van der Waals surface area contributed by atoms with E-state index in [9.17, 15) is 105 Å². The van der Waals surface area contributed by atoms with E-state index in [1.54, 1.807) is 0 Å². The van der Waals surface area contributed by atoms with E-state index in [0.717, 1.165) is 0 Å². The maximum absolute atomic E-state index is 11.4. The van der Waals surface area contributed by atoms with Gasteiger partial charge in [0.15, 0.2) is 30.4 Å². The Labute approximate surface area is 215 Å². The fourth-order valence-corrected chi connectivity index (χ4v) is 1.28. The van der Waals surface area contributed by atoms with Crippen LogP contribution in [0.1, 0.15) is 0 Å². The number of hydrogen-bond donors (Lipinski definition) is 0. The molecule has 0 saturated carbocycles. The van der Waals surface area contributed by atoms with Gasteiger partial charge in [0.2, 0.25) is 0 Å². The van der Waals surface area contributed by atoms with Crippen molar-refractivity contribution in [1.82, 2.24) is 0 Å². The van der Waals surface area contributed by atoms with Crippen LogP contribution in [0.5, 0.6) is 0 Å². The molecule has 0 rings (SSSR count). The molecule has 28 heteroatoms. The van der Waals surface area contributed by atoms with Crippen molar-refractivity contribution in [2.75, 3.05) is 0 Å². The molecule has 0 aliphatic heterocycles. The number of hydrogen-bond acceptors (Lipinski definition) is 9. The smallest absolute Gasteiger partial charge is 0.743 e. The molecule has 0 aliphatic carbocycles. The van der Waals surface area contributed by atoms with Gasteiger partial charge in [-0.2, -0.15) is 65.9 Å². The van der Waals surface area contributed by atoms with Crippen LogP contribution in [0.25, 0.3) is 0 Å². The second-order valence-electron chi connectivity index (χ2n) is 4.41. The zero-order chi connectivity index (χ0) is 28.5. The van der Waals surface area contributed by atoms with Gasteiger partial charge in [-0.05, 0) is 0 Å². The summed E-state index contributed by atoms with van der Waals surface area (Å²) in [6.45, 7) is 0. The van der Waals surface area contributed by atoms with Gasteiger partial charge in [0.1, 0.15) is 0 Å². The van der Waals surface area contributed by atoms with Crippen LogP contribution in [-0.2, 0) is 30.4 Å². The monoisotopic (exact) mass is 771 g/mol. The molecule has 0 bridgehead atoms. The van der Waals surface area contributed by atoms with Crippen molar-refractivity contribution in [1.29, 1.82) is 0 Å². The van der Waals surface area contributed by atoms with E-state index in [1.165, 1.54) is 0 Å². The number of rotatable bonds is 3. The molecule has 34 heavy (non-hydrogen) atoms. The molecule has 0 aliphatic rings. The van der Waals surface area contributed by atoms with E-state index in [-0.39, 0.29) is 46.9 Å². The second-order valence-corrected chi connectivity index (χ2v) is 8.67. The molecule has 0 unspecified atom stereocenters. The summed E-state index contributed by atoms with van der Waals surface area (Å²) < 4.78 is 251. The summed E-state index contributed by atoms with van der Waals surface area (Å²) in [6, 6.07) is 0. The minimum Gasteiger partial charge on any atom is -0.743 e. The van der Waals surface area contributed by atoms with Crippen molar-refractivity contribution in [2.45, 2.75) is 34.3 Å². The van der Waals surface area contributed by atoms with Crippen molar-refractivity contribution in [2.24, 2.45) is 0 Å². The second kappa shape index (κ2) is 11.7. The molecule has 0 fully saturated rings. The van der Waals surface area contributed by atoms with Gasteiger partial charge in [-0.15, -0.1) is 0 Å². The largest absolute Gasteiger partial charge is 3.00 e. The van der Waals surface area contributed by atoms with E-state index in [1.807, 2.05) is 0 Å². The first-order valence-corrected chi connectivity index (χ1v) is 9.92. The molecule has 0 atom stereocenters. The Morgan fingerprint density at radius 3 is 0.441 bits per heavy atom. The molecular weight excluding hydrogens is 770 g/mol. The average molecular weight is 770 g/mol. The Balaban J connectivity index is -0.000000196. The Hall–Kier alpha value is 0.199. The average Bonchev–Trinajstić information content (AvgIpc) is 2.41. The third kappa shape index (κ3) is 10.7. The third-order valence-electron chi connectivity index (χ3n) is 1.93. The fraction of sp³-hybridized carbons (Fsp3) is 1.00. The molecule has 0 saturated heterocycles. The molecule has 0 amide bonds. The van der Waals surface area contributed by atoms with Crippen LogP contribution in [0.4, 0.5) is 65.9 Å². The van der Waals surface area contributed by atoms with Gasteiger partial charge in [-0.25, -0.2) is 25.3 Å². The minimum absolute atomic E-state index is 0. The molecule has 0 aromatic carbocycles. The summed E-state index contributed by atoms with van der Waals surface area (Å²) in [7, 11) is -20.0. The van der Waals surface area contributed by atoms with E-state index in [2.05, 4.69) is 0 Å². The maximum atomic E-state index is 11.4.